The average Bonchev–Trinajstić information content (AvgIpc) is 3.09. The number of hydrogen-bond acceptors (Lipinski definition) is 5. The number of aliphatic hydroxyl groups excluding tert-OH is 1. The SMILES string of the molecule is COc1ccc(OC)c(C2/C(=C(/O)c3ccc(Br)cc3)C(=O)C(=O)N2c2ccccc2)c1. The molecule has 1 saturated heterocycles. The Balaban J connectivity index is 2.01. The highest BCUT2D eigenvalue weighted by Crippen LogP contribution is 2.45. The maximum atomic E-state index is 13.2. The van der Waals surface area contributed by atoms with Crippen LogP contribution in [0.25, 0.3) is 5.76 Å². The summed E-state index contributed by atoms with van der Waals surface area (Å²) in [4.78, 5) is 27.8. The number of para-hydroxylation sites is 1. The summed E-state index contributed by atoms with van der Waals surface area (Å²) < 4.78 is 11.7. The lowest BCUT2D eigenvalue weighted by molar-refractivity contribution is -0.132. The second kappa shape index (κ2) is 8.88. The summed E-state index contributed by atoms with van der Waals surface area (Å²) in [7, 11) is 3.04. The molecule has 1 heterocycles. The van der Waals surface area contributed by atoms with E-state index in [4.69, 9.17) is 9.47 Å². The minimum Gasteiger partial charge on any atom is -0.507 e. The molecule has 1 amide bonds. The molecule has 32 heavy (non-hydrogen) atoms. The van der Waals surface area contributed by atoms with Gasteiger partial charge in [0, 0.05) is 21.3 Å². The molecule has 0 aromatic heterocycles. The van der Waals surface area contributed by atoms with E-state index in [1.807, 2.05) is 6.07 Å². The number of benzene rings is 3. The molecule has 1 aliphatic heterocycles. The van der Waals surface area contributed by atoms with Crippen LogP contribution in [-0.2, 0) is 9.59 Å². The van der Waals surface area contributed by atoms with Gasteiger partial charge in [0.2, 0.25) is 0 Å². The normalized spacial score (nSPS) is 17.5. The van der Waals surface area contributed by atoms with E-state index >= 15 is 0 Å². The Morgan fingerprint density at radius 3 is 2.25 bits per heavy atom. The Morgan fingerprint density at radius 1 is 0.938 bits per heavy atom. The predicted molar refractivity (Wildman–Crippen MR) is 125 cm³/mol. The zero-order valence-corrected chi connectivity index (χ0v) is 19.0. The van der Waals surface area contributed by atoms with Crippen molar-refractivity contribution in [2.45, 2.75) is 6.04 Å². The standard InChI is InChI=1S/C25H20BrNO5/c1-31-18-12-13-20(32-2)19(14-18)22-21(23(28)15-8-10-16(26)11-9-15)24(29)25(30)27(22)17-6-4-3-5-7-17/h3-14,22,28H,1-2H3/b23-21-. The maximum Gasteiger partial charge on any atom is 0.300 e. The van der Waals surface area contributed by atoms with Crippen LogP contribution in [0, 0.1) is 0 Å². The molecule has 1 fully saturated rings. The highest BCUT2D eigenvalue weighted by molar-refractivity contribution is 9.10. The summed E-state index contributed by atoms with van der Waals surface area (Å²) in [6.45, 7) is 0. The van der Waals surface area contributed by atoms with Crippen molar-refractivity contribution in [2.24, 2.45) is 0 Å². The number of amides is 1. The molecule has 162 valence electrons. The van der Waals surface area contributed by atoms with Crippen molar-refractivity contribution in [1.29, 1.82) is 0 Å². The number of Topliss-reactive ketones (excluding diaryl/α,β-unsaturated/α-hetero) is 1. The first-order valence-electron chi connectivity index (χ1n) is 9.80. The number of ether oxygens (including phenoxy) is 2. The van der Waals surface area contributed by atoms with E-state index < -0.39 is 17.7 Å². The first-order chi connectivity index (χ1) is 15.5. The van der Waals surface area contributed by atoms with Gasteiger partial charge in [-0.2, -0.15) is 0 Å². The molecular formula is C25H20BrNO5. The molecule has 0 aliphatic carbocycles. The van der Waals surface area contributed by atoms with Crippen LogP contribution in [-0.4, -0.2) is 31.0 Å². The number of nitrogens with zero attached hydrogens (tertiary/aromatic N) is 1. The maximum absolute atomic E-state index is 13.2. The Kier molecular flexibility index (Phi) is 6.01. The first kappa shape index (κ1) is 21.6. The van der Waals surface area contributed by atoms with Crippen molar-refractivity contribution in [1.82, 2.24) is 0 Å². The van der Waals surface area contributed by atoms with Gasteiger partial charge in [0.05, 0.1) is 25.8 Å². The molecule has 0 bridgehead atoms. The lowest BCUT2D eigenvalue weighted by Gasteiger charge is -2.27. The van der Waals surface area contributed by atoms with E-state index in [-0.39, 0.29) is 11.3 Å². The Bertz CT molecular complexity index is 1200. The van der Waals surface area contributed by atoms with Crippen LogP contribution in [0.4, 0.5) is 5.69 Å². The fraction of sp³-hybridized carbons (Fsp3) is 0.120. The monoisotopic (exact) mass is 493 g/mol. The van der Waals surface area contributed by atoms with Crippen molar-refractivity contribution in [3.8, 4) is 11.5 Å². The zero-order chi connectivity index (χ0) is 22.8. The lowest BCUT2D eigenvalue weighted by Crippen LogP contribution is -2.29. The number of halogens is 1. The van der Waals surface area contributed by atoms with Crippen molar-refractivity contribution < 1.29 is 24.2 Å². The largest absolute Gasteiger partial charge is 0.507 e. The molecule has 0 radical (unpaired) electrons. The summed E-state index contributed by atoms with van der Waals surface area (Å²) in [5.41, 5.74) is 1.45. The third-order valence-electron chi connectivity index (χ3n) is 5.33. The fourth-order valence-electron chi connectivity index (χ4n) is 3.80. The molecule has 6 nitrogen and oxygen atoms in total. The highest BCUT2D eigenvalue weighted by atomic mass is 79.9. The van der Waals surface area contributed by atoms with Crippen molar-refractivity contribution >= 4 is 39.1 Å². The third kappa shape index (κ3) is 3.76. The topological polar surface area (TPSA) is 76.1 Å². The number of methoxy groups -OCH3 is 2. The Hall–Kier alpha value is -3.58. The molecule has 3 aromatic rings. The summed E-state index contributed by atoms with van der Waals surface area (Å²) in [5.74, 6) is -0.776. The number of aliphatic hydroxyl groups is 1. The highest BCUT2D eigenvalue weighted by Gasteiger charge is 2.48. The van der Waals surface area contributed by atoms with E-state index in [1.165, 1.54) is 19.1 Å². The third-order valence-corrected chi connectivity index (χ3v) is 5.86. The van der Waals surface area contributed by atoms with Gasteiger partial charge in [-0.05, 0) is 42.5 Å². The molecule has 1 N–H and O–H groups in total. The van der Waals surface area contributed by atoms with Gasteiger partial charge < -0.3 is 14.6 Å². The molecule has 1 unspecified atom stereocenters. The van der Waals surface area contributed by atoms with E-state index in [9.17, 15) is 14.7 Å². The van der Waals surface area contributed by atoms with Crippen LogP contribution in [0.2, 0.25) is 0 Å². The van der Waals surface area contributed by atoms with Crippen LogP contribution in [0.1, 0.15) is 17.2 Å². The summed E-state index contributed by atoms with van der Waals surface area (Å²) in [6.07, 6.45) is 0. The van der Waals surface area contributed by atoms with Gasteiger partial charge in [-0.1, -0.05) is 46.3 Å². The number of anilines is 1. The predicted octanol–water partition coefficient (Wildman–Crippen LogP) is 5.09. The number of ketones is 1. The van der Waals surface area contributed by atoms with Gasteiger partial charge >= 0.3 is 0 Å². The molecule has 1 atom stereocenters. The van der Waals surface area contributed by atoms with Gasteiger partial charge in [-0.15, -0.1) is 0 Å². The summed E-state index contributed by atoms with van der Waals surface area (Å²) in [5, 5.41) is 11.2. The number of rotatable bonds is 5. The van der Waals surface area contributed by atoms with Crippen LogP contribution in [0.5, 0.6) is 11.5 Å². The molecule has 1 aliphatic rings. The molecule has 0 saturated carbocycles. The number of hydrogen-bond donors (Lipinski definition) is 1. The van der Waals surface area contributed by atoms with Crippen molar-refractivity contribution in [2.75, 3.05) is 19.1 Å². The summed E-state index contributed by atoms with van der Waals surface area (Å²) >= 11 is 3.37. The van der Waals surface area contributed by atoms with E-state index in [1.54, 1.807) is 66.7 Å². The van der Waals surface area contributed by atoms with E-state index in [2.05, 4.69) is 15.9 Å². The zero-order valence-electron chi connectivity index (χ0n) is 17.4. The molecular weight excluding hydrogens is 474 g/mol. The fourth-order valence-corrected chi connectivity index (χ4v) is 4.06. The smallest absolute Gasteiger partial charge is 0.300 e. The molecule has 7 heteroatoms. The van der Waals surface area contributed by atoms with Crippen LogP contribution < -0.4 is 14.4 Å². The minimum absolute atomic E-state index is 0.0206. The van der Waals surface area contributed by atoms with Crippen LogP contribution >= 0.6 is 15.9 Å². The molecule has 4 rings (SSSR count). The van der Waals surface area contributed by atoms with Gasteiger partial charge in [0.1, 0.15) is 17.3 Å². The van der Waals surface area contributed by atoms with E-state index in [0.29, 0.717) is 28.3 Å². The van der Waals surface area contributed by atoms with Crippen LogP contribution in [0.15, 0.2) is 82.8 Å². The van der Waals surface area contributed by atoms with Crippen LogP contribution in [0.3, 0.4) is 0 Å². The van der Waals surface area contributed by atoms with Gasteiger partial charge in [-0.3, -0.25) is 14.5 Å². The average molecular weight is 494 g/mol. The van der Waals surface area contributed by atoms with Crippen molar-refractivity contribution in [3.05, 3.63) is 94.0 Å². The second-order valence-electron chi connectivity index (χ2n) is 7.12. The number of carbonyl (C=O) groups excluding carboxylic acids is 2. The summed E-state index contributed by atoms with van der Waals surface area (Å²) in [6, 6.07) is 20.0. The van der Waals surface area contributed by atoms with Crippen molar-refractivity contribution in [3.63, 3.8) is 0 Å². The first-order valence-corrected chi connectivity index (χ1v) is 10.6. The molecule has 3 aromatic carbocycles. The van der Waals surface area contributed by atoms with Gasteiger partial charge in [-0.25, -0.2) is 0 Å². The Morgan fingerprint density at radius 2 is 1.62 bits per heavy atom. The minimum atomic E-state index is -0.911. The van der Waals surface area contributed by atoms with Gasteiger partial charge in [0.25, 0.3) is 11.7 Å². The second-order valence-corrected chi connectivity index (χ2v) is 8.04. The van der Waals surface area contributed by atoms with E-state index in [0.717, 1.165) is 4.47 Å². The quantitative estimate of drug-likeness (QED) is 0.304. The molecule has 0 spiro atoms. The Labute approximate surface area is 193 Å². The lowest BCUT2D eigenvalue weighted by atomic mass is 9.94. The number of carbonyl (C=O) groups is 2. The van der Waals surface area contributed by atoms with Gasteiger partial charge in [0.15, 0.2) is 0 Å².